The highest BCUT2D eigenvalue weighted by Crippen LogP contribution is 2.36. The third kappa shape index (κ3) is 1.96. The van der Waals surface area contributed by atoms with Gasteiger partial charge in [0.15, 0.2) is 17.2 Å². The van der Waals surface area contributed by atoms with Gasteiger partial charge in [-0.1, -0.05) is 18.2 Å². The van der Waals surface area contributed by atoms with E-state index in [-0.39, 0.29) is 12.5 Å². The van der Waals surface area contributed by atoms with E-state index in [0.717, 1.165) is 16.6 Å². The summed E-state index contributed by atoms with van der Waals surface area (Å²) in [5.41, 5.74) is 2.40. The maximum Gasteiger partial charge on any atom is 0.231 e. The maximum absolute atomic E-state index is 9.27. The molecule has 6 nitrogen and oxygen atoms in total. The summed E-state index contributed by atoms with van der Waals surface area (Å²) in [6.45, 7) is 0.224. The van der Waals surface area contributed by atoms with E-state index >= 15 is 0 Å². The Balaban J connectivity index is 1.82. The van der Waals surface area contributed by atoms with Crippen molar-refractivity contribution in [3.63, 3.8) is 0 Å². The normalized spacial score (nSPS) is 12.1. The van der Waals surface area contributed by atoms with Gasteiger partial charge in [0, 0.05) is 17.1 Å². The molecule has 22 heavy (non-hydrogen) atoms. The number of aromatic nitrogens is 2. The van der Waals surface area contributed by atoms with Gasteiger partial charge in [-0.25, -0.2) is 0 Å². The van der Waals surface area contributed by atoms with Gasteiger partial charge in [0.1, 0.15) is 6.07 Å². The summed E-state index contributed by atoms with van der Waals surface area (Å²) < 4.78 is 10.7. The van der Waals surface area contributed by atoms with E-state index in [9.17, 15) is 5.26 Å². The number of hydrogen-bond acceptors (Lipinski definition) is 6. The molecule has 1 aliphatic heterocycles. The second-order valence-corrected chi connectivity index (χ2v) is 4.75. The molecule has 0 saturated carbocycles. The summed E-state index contributed by atoms with van der Waals surface area (Å²) in [7, 11) is 0. The van der Waals surface area contributed by atoms with Gasteiger partial charge in [0.25, 0.3) is 0 Å². The van der Waals surface area contributed by atoms with Crippen LogP contribution >= 0.6 is 0 Å². The number of hydrogen-bond donors (Lipinski definition) is 1. The van der Waals surface area contributed by atoms with Crippen LogP contribution < -0.4 is 14.8 Å². The first-order chi connectivity index (χ1) is 10.8. The number of nitrogens with zero attached hydrogens (tertiary/aromatic N) is 3. The van der Waals surface area contributed by atoms with Gasteiger partial charge >= 0.3 is 0 Å². The Bertz CT molecular complexity index is 918. The van der Waals surface area contributed by atoms with Gasteiger partial charge in [-0.15, -0.1) is 10.2 Å². The number of anilines is 2. The van der Waals surface area contributed by atoms with E-state index < -0.39 is 0 Å². The minimum Gasteiger partial charge on any atom is -0.454 e. The van der Waals surface area contributed by atoms with Crippen LogP contribution in [0.1, 0.15) is 5.69 Å². The molecule has 2 aromatic carbocycles. The zero-order valence-corrected chi connectivity index (χ0v) is 11.4. The lowest BCUT2D eigenvalue weighted by Gasteiger charge is -2.10. The number of nitriles is 1. The van der Waals surface area contributed by atoms with E-state index in [1.165, 1.54) is 0 Å². The van der Waals surface area contributed by atoms with Crippen LogP contribution in [-0.2, 0) is 0 Å². The predicted octanol–water partition coefficient (Wildman–Crippen LogP) is 2.97. The third-order valence-electron chi connectivity index (χ3n) is 3.42. The summed E-state index contributed by atoms with van der Waals surface area (Å²) in [5, 5.41) is 21.4. The molecule has 3 aromatic rings. The van der Waals surface area contributed by atoms with Crippen LogP contribution in [0.15, 0.2) is 42.5 Å². The molecule has 0 aliphatic carbocycles. The van der Waals surface area contributed by atoms with Crippen LogP contribution in [0.5, 0.6) is 11.5 Å². The topological polar surface area (TPSA) is 80.1 Å². The van der Waals surface area contributed by atoms with Crippen molar-refractivity contribution in [2.75, 3.05) is 12.1 Å². The molecule has 0 saturated heterocycles. The van der Waals surface area contributed by atoms with Crippen LogP contribution in [0.2, 0.25) is 0 Å². The Morgan fingerprint density at radius 1 is 1.05 bits per heavy atom. The SMILES string of the molecule is N#Cc1nnc2ccccc2c1Nc1ccc2c(c1)OCO2. The molecule has 0 atom stereocenters. The van der Waals surface area contributed by atoms with Crippen molar-refractivity contribution < 1.29 is 9.47 Å². The Labute approximate surface area is 125 Å². The summed E-state index contributed by atoms with van der Waals surface area (Å²) in [6, 6.07) is 15.1. The molecule has 2 heterocycles. The van der Waals surface area contributed by atoms with Gasteiger partial charge < -0.3 is 14.8 Å². The Morgan fingerprint density at radius 2 is 1.91 bits per heavy atom. The van der Waals surface area contributed by atoms with Crippen LogP contribution in [-0.4, -0.2) is 17.0 Å². The zero-order valence-electron chi connectivity index (χ0n) is 11.4. The van der Waals surface area contributed by atoms with Crippen molar-refractivity contribution in [3.8, 4) is 17.6 Å². The molecule has 4 rings (SSSR count). The molecular weight excluding hydrogens is 280 g/mol. The molecule has 0 spiro atoms. The number of rotatable bonds is 2. The van der Waals surface area contributed by atoms with Gasteiger partial charge in [-0.3, -0.25) is 0 Å². The second kappa shape index (κ2) is 4.90. The number of benzene rings is 2. The van der Waals surface area contributed by atoms with E-state index in [2.05, 4.69) is 21.6 Å². The Morgan fingerprint density at radius 3 is 2.82 bits per heavy atom. The molecule has 106 valence electrons. The highest BCUT2D eigenvalue weighted by molar-refractivity contribution is 5.94. The lowest BCUT2D eigenvalue weighted by atomic mass is 10.1. The van der Waals surface area contributed by atoms with Crippen molar-refractivity contribution in [3.05, 3.63) is 48.2 Å². The quantitative estimate of drug-likeness (QED) is 0.781. The van der Waals surface area contributed by atoms with Gasteiger partial charge in [0.2, 0.25) is 6.79 Å². The molecule has 0 unspecified atom stereocenters. The highest BCUT2D eigenvalue weighted by Gasteiger charge is 2.15. The first-order valence-electron chi connectivity index (χ1n) is 6.67. The molecule has 0 radical (unpaired) electrons. The molecular formula is C16H10N4O2. The monoisotopic (exact) mass is 290 g/mol. The van der Waals surface area contributed by atoms with Gasteiger partial charge in [-0.2, -0.15) is 5.26 Å². The standard InChI is InChI=1S/C16H10N4O2/c17-8-13-16(11-3-1-2-4-12(11)19-20-13)18-10-5-6-14-15(7-10)22-9-21-14/h1-7H,9H2,(H,18,19). The largest absolute Gasteiger partial charge is 0.454 e. The molecule has 0 fully saturated rings. The highest BCUT2D eigenvalue weighted by atomic mass is 16.7. The van der Waals surface area contributed by atoms with Crippen molar-refractivity contribution in [1.82, 2.24) is 10.2 Å². The third-order valence-corrected chi connectivity index (χ3v) is 3.42. The molecule has 6 heteroatoms. The van der Waals surface area contributed by atoms with Crippen LogP contribution in [0, 0.1) is 11.3 Å². The molecule has 0 amide bonds. The average Bonchev–Trinajstić information content (AvgIpc) is 3.03. The fourth-order valence-corrected chi connectivity index (χ4v) is 2.38. The Kier molecular flexibility index (Phi) is 2.76. The van der Waals surface area contributed by atoms with Gasteiger partial charge in [-0.05, 0) is 18.2 Å². The van der Waals surface area contributed by atoms with Crippen LogP contribution in [0.3, 0.4) is 0 Å². The van der Waals surface area contributed by atoms with E-state index in [1.807, 2.05) is 42.5 Å². The molecule has 1 aromatic heterocycles. The fourth-order valence-electron chi connectivity index (χ4n) is 2.38. The summed E-state index contributed by atoms with van der Waals surface area (Å²) in [6.07, 6.45) is 0. The first kappa shape index (κ1) is 12.4. The average molecular weight is 290 g/mol. The minimum absolute atomic E-state index is 0.224. The number of nitrogens with one attached hydrogen (secondary N) is 1. The van der Waals surface area contributed by atoms with E-state index in [0.29, 0.717) is 17.2 Å². The molecule has 0 bridgehead atoms. The second-order valence-electron chi connectivity index (χ2n) is 4.75. The van der Waals surface area contributed by atoms with Crippen LogP contribution in [0.25, 0.3) is 10.9 Å². The van der Waals surface area contributed by atoms with Crippen molar-refractivity contribution in [1.29, 1.82) is 5.26 Å². The fraction of sp³-hybridized carbons (Fsp3) is 0.0625. The molecule has 1 N–H and O–H groups in total. The zero-order chi connectivity index (χ0) is 14.9. The first-order valence-corrected chi connectivity index (χ1v) is 6.67. The predicted molar refractivity (Wildman–Crippen MR) is 80.1 cm³/mol. The lowest BCUT2D eigenvalue weighted by molar-refractivity contribution is 0.174. The summed E-state index contributed by atoms with van der Waals surface area (Å²) >= 11 is 0. The Hall–Kier alpha value is -3.33. The van der Waals surface area contributed by atoms with Crippen molar-refractivity contribution in [2.24, 2.45) is 0 Å². The molecule has 1 aliphatic rings. The number of ether oxygens (including phenoxy) is 2. The van der Waals surface area contributed by atoms with Gasteiger partial charge in [0.05, 0.1) is 11.2 Å². The van der Waals surface area contributed by atoms with E-state index in [4.69, 9.17) is 9.47 Å². The minimum atomic E-state index is 0.224. The van der Waals surface area contributed by atoms with Crippen molar-refractivity contribution in [2.45, 2.75) is 0 Å². The summed E-state index contributed by atoms with van der Waals surface area (Å²) in [4.78, 5) is 0. The summed E-state index contributed by atoms with van der Waals surface area (Å²) in [5.74, 6) is 1.39. The number of fused-ring (bicyclic) bond motifs is 2. The maximum atomic E-state index is 9.27. The van der Waals surface area contributed by atoms with Crippen molar-refractivity contribution >= 4 is 22.3 Å². The van der Waals surface area contributed by atoms with Crippen LogP contribution in [0.4, 0.5) is 11.4 Å². The van der Waals surface area contributed by atoms with E-state index in [1.54, 1.807) is 0 Å². The smallest absolute Gasteiger partial charge is 0.231 e. The lowest BCUT2D eigenvalue weighted by Crippen LogP contribution is -1.99.